The smallest absolute Gasteiger partial charge is 0.262 e. The molecule has 4 amide bonds. The van der Waals surface area contributed by atoms with Gasteiger partial charge in [0, 0.05) is 30.9 Å². The zero-order valence-electron chi connectivity index (χ0n) is 14.8. The Balaban J connectivity index is 1.54. The molecular formula is C19H17N5O4. The average Bonchev–Trinajstić information content (AvgIpc) is 2.91. The molecule has 9 heteroatoms. The first-order valence-corrected chi connectivity index (χ1v) is 8.74. The van der Waals surface area contributed by atoms with Crippen molar-refractivity contribution in [2.45, 2.75) is 25.4 Å². The molecule has 1 atom stereocenters. The van der Waals surface area contributed by atoms with Gasteiger partial charge in [0.05, 0.1) is 11.1 Å². The summed E-state index contributed by atoms with van der Waals surface area (Å²) in [5.74, 6) is -1.68. The van der Waals surface area contributed by atoms with E-state index in [1.165, 1.54) is 0 Å². The summed E-state index contributed by atoms with van der Waals surface area (Å²) in [6.45, 7) is 0.413. The number of nitrogens with one attached hydrogen (secondary N) is 2. The number of imide groups is 2. The fraction of sp³-hybridized carbons (Fsp3) is 0.211. The summed E-state index contributed by atoms with van der Waals surface area (Å²) in [6, 6.07) is 7.45. The van der Waals surface area contributed by atoms with Crippen molar-refractivity contribution < 1.29 is 19.2 Å². The third-order valence-corrected chi connectivity index (χ3v) is 4.78. The number of pyridine rings is 1. The summed E-state index contributed by atoms with van der Waals surface area (Å²) < 4.78 is 0. The van der Waals surface area contributed by atoms with Crippen LogP contribution in [0.5, 0.6) is 0 Å². The Bertz CT molecular complexity index is 1020. The number of nitrogens with zero attached hydrogens (tertiary/aromatic N) is 2. The first-order chi connectivity index (χ1) is 13.4. The molecule has 28 heavy (non-hydrogen) atoms. The van der Waals surface area contributed by atoms with E-state index >= 15 is 0 Å². The number of hydrogen-bond donors (Lipinski definition) is 3. The highest BCUT2D eigenvalue weighted by atomic mass is 16.2. The molecule has 2 aliphatic heterocycles. The first-order valence-electron chi connectivity index (χ1n) is 8.74. The molecule has 1 fully saturated rings. The predicted octanol–water partition coefficient (Wildman–Crippen LogP) is 0.677. The van der Waals surface area contributed by atoms with Crippen LogP contribution < -0.4 is 16.4 Å². The van der Waals surface area contributed by atoms with Crippen LogP contribution in [-0.4, -0.2) is 39.6 Å². The van der Waals surface area contributed by atoms with E-state index in [0.717, 1.165) is 16.2 Å². The molecule has 4 N–H and O–H groups in total. The molecule has 0 bridgehead atoms. The van der Waals surface area contributed by atoms with Crippen LogP contribution in [-0.2, 0) is 16.1 Å². The molecule has 1 unspecified atom stereocenters. The van der Waals surface area contributed by atoms with Gasteiger partial charge in [-0.1, -0.05) is 6.07 Å². The maximum atomic E-state index is 12.8. The summed E-state index contributed by atoms with van der Waals surface area (Å²) in [5.41, 5.74) is 7.73. The van der Waals surface area contributed by atoms with Gasteiger partial charge in [0.25, 0.3) is 11.8 Å². The van der Waals surface area contributed by atoms with Crippen molar-refractivity contribution in [3.05, 3.63) is 53.2 Å². The SMILES string of the molecule is Nc1cc(NCc2ccc3c(c2)C(=O)N(C2CCC(=O)NC2=O)C3=O)ccn1. The van der Waals surface area contributed by atoms with E-state index in [2.05, 4.69) is 15.6 Å². The summed E-state index contributed by atoms with van der Waals surface area (Å²) in [5, 5.41) is 5.35. The van der Waals surface area contributed by atoms with E-state index in [0.29, 0.717) is 12.4 Å². The van der Waals surface area contributed by atoms with Crippen molar-refractivity contribution in [2.75, 3.05) is 11.1 Å². The lowest BCUT2D eigenvalue weighted by Crippen LogP contribution is -2.54. The Morgan fingerprint density at radius 3 is 2.64 bits per heavy atom. The number of carbonyl (C=O) groups is 4. The normalized spacial score (nSPS) is 18.9. The number of benzene rings is 1. The molecule has 0 spiro atoms. The maximum absolute atomic E-state index is 12.8. The molecule has 9 nitrogen and oxygen atoms in total. The molecule has 1 aromatic carbocycles. The Hall–Kier alpha value is -3.75. The lowest BCUT2D eigenvalue weighted by Gasteiger charge is -2.27. The Kier molecular flexibility index (Phi) is 4.26. The average molecular weight is 379 g/mol. The number of rotatable bonds is 4. The second kappa shape index (κ2) is 6.76. The maximum Gasteiger partial charge on any atom is 0.262 e. The highest BCUT2D eigenvalue weighted by molar-refractivity contribution is 6.23. The van der Waals surface area contributed by atoms with Gasteiger partial charge in [-0.15, -0.1) is 0 Å². The fourth-order valence-corrected chi connectivity index (χ4v) is 3.39. The van der Waals surface area contributed by atoms with E-state index in [1.54, 1.807) is 36.5 Å². The van der Waals surface area contributed by atoms with Gasteiger partial charge in [0.2, 0.25) is 11.8 Å². The van der Waals surface area contributed by atoms with Gasteiger partial charge in [-0.2, -0.15) is 0 Å². The van der Waals surface area contributed by atoms with E-state index < -0.39 is 29.7 Å². The Morgan fingerprint density at radius 1 is 1.11 bits per heavy atom. The van der Waals surface area contributed by atoms with Gasteiger partial charge >= 0.3 is 0 Å². The number of amides is 4. The lowest BCUT2D eigenvalue weighted by molar-refractivity contribution is -0.136. The fourth-order valence-electron chi connectivity index (χ4n) is 3.39. The van der Waals surface area contributed by atoms with Crippen LogP contribution in [0, 0.1) is 0 Å². The molecule has 2 aromatic rings. The van der Waals surface area contributed by atoms with Crippen LogP contribution in [0.1, 0.15) is 39.1 Å². The van der Waals surface area contributed by atoms with Crippen LogP contribution in [0.15, 0.2) is 36.5 Å². The molecule has 0 saturated carbocycles. The number of hydrogen-bond acceptors (Lipinski definition) is 7. The number of anilines is 2. The summed E-state index contributed by atoms with van der Waals surface area (Å²) in [4.78, 5) is 53.8. The second-order valence-electron chi connectivity index (χ2n) is 6.65. The number of nitrogen functional groups attached to an aromatic ring is 1. The van der Waals surface area contributed by atoms with Gasteiger partial charge in [-0.05, 0) is 30.2 Å². The van der Waals surface area contributed by atoms with Crippen LogP contribution in [0.25, 0.3) is 0 Å². The molecular weight excluding hydrogens is 362 g/mol. The lowest BCUT2D eigenvalue weighted by atomic mass is 10.0. The van der Waals surface area contributed by atoms with Gasteiger partial charge in [0.1, 0.15) is 11.9 Å². The molecule has 0 radical (unpaired) electrons. The molecule has 1 saturated heterocycles. The van der Waals surface area contributed by atoms with Crippen molar-refractivity contribution in [3.8, 4) is 0 Å². The quantitative estimate of drug-likeness (QED) is 0.665. The number of carbonyl (C=O) groups excluding carboxylic acids is 4. The number of piperidine rings is 1. The van der Waals surface area contributed by atoms with Crippen LogP contribution in [0.4, 0.5) is 11.5 Å². The minimum absolute atomic E-state index is 0.0913. The van der Waals surface area contributed by atoms with Crippen molar-refractivity contribution in [2.24, 2.45) is 0 Å². The largest absolute Gasteiger partial charge is 0.384 e. The zero-order chi connectivity index (χ0) is 19.8. The second-order valence-corrected chi connectivity index (χ2v) is 6.65. The van der Waals surface area contributed by atoms with E-state index in [4.69, 9.17) is 5.73 Å². The van der Waals surface area contributed by atoms with Gasteiger partial charge in [-0.25, -0.2) is 4.98 Å². The molecule has 0 aliphatic carbocycles. The number of fused-ring (bicyclic) bond motifs is 1. The van der Waals surface area contributed by atoms with E-state index in [-0.39, 0.29) is 24.0 Å². The van der Waals surface area contributed by atoms with Gasteiger partial charge in [-0.3, -0.25) is 29.4 Å². The van der Waals surface area contributed by atoms with Crippen LogP contribution in [0.2, 0.25) is 0 Å². The number of nitrogens with two attached hydrogens (primary N) is 1. The Morgan fingerprint density at radius 2 is 1.89 bits per heavy atom. The Labute approximate surface area is 159 Å². The molecule has 3 heterocycles. The zero-order valence-corrected chi connectivity index (χ0v) is 14.8. The van der Waals surface area contributed by atoms with Crippen molar-refractivity contribution in [3.63, 3.8) is 0 Å². The number of aromatic nitrogens is 1. The molecule has 1 aromatic heterocycles. The standard InChI is InChI=1S/C19H17N5O4/c20-15-8-11(5-6-21-15)22-9-10-1-2-12-13(7-10)19(28)24(18(12)27)14-3-4-16(25)23-17(14)26/h1-2,5-8,14H,3-4,9H2,(H3,20,21,22)(H,23,25,26). The van der Waals surface area contributed by atoms with Gasteiger partial charge < -0.3 is 11.1 Å². The molecule has 142 valence electrons. The minimum Gasteiger partial charge on any atom is -0.384 e. The summed E-state index contributed by atoms with van der Waals surface area (Å²) >= 11 is 0. The molecule has 2 aliphatic rings. The third kappa shape index (κ3) is 3.07. The van der Waals surface area contributed by atoms with Crippen molar-refractivity contribution in [1.29, 1.82) is 0 Å². The molecule has 4 rings (SSSR count). The first kappa shape index (κ1) is 17.7. The third-order valence-electron chi connectivity index (χ3n) is 4.78. The summed E-state index contributed by atoms with van der Waals surface area (Å²) in [7, 11) is 0. The summed E-state index contributed by atoms with van der Waals surface area (Å²) in [6.07, 6.45) is 1.81. The highest BCUT2D eigenvalue weighted by Crippen LogP contribution is 2.28. The van der Waals surface area contributed by atoms with E-state index in [9.17, 15) is 19.2 Å². The topological polar surface area (TPSA) is 134 Å². The monoisotopic (exact) mass is 379 g/mol. The van der Waals surface area contributed by atoms with Crippen LogP contribution >= 0.6 is 0 Å². The minimum atomic E-state index is -0.966. The van der Waals surface area contributed by atoms with Crippen molar-refractivity contribution in [1.82, 2.24) is 15.2 Å². The van der Waals surface area contributed by atoms with Crippen molar-refractivity contribution >= 4 is 35.1 Å². The highest BCUT2D eigenvalue weighted by Gasteiger charge is 2.44. The predicted molar refractivity (Wildman–Crippen MR) is 99.1 cm³/mol. The van der Waals surface area contributed by atoms with E-state index in [1.807, 2.05) is 0 Å². The van der Waals surface area contributed by atoms with Gasteiger partial charge in [0.15, 0.2) is 0 Å². The van der Waals surface area contributed by atoms with Crippen LogP contribution in [0.3, 0.4) is 0 Å².